The minimum atomic E-state index is -4.48. The van der Waals surface area contributed by atoms with E-state index in [0.29, 0.717) is 6.07 Å². The largest absolute Gasteiger partial charge is 0.416 e. The Balaban J connectivity index is 3.21. The van der Waals surface area contributed by atoms with Gasteiger partial charge in [-0.2, -0.15) is 13.2 Å². The summed E-state index contributed by atoms with van der Waals surface area (Å²) in [4.78, 5) is 0. The van der Waals surface area contributed by atoms with Crippen molar-refractivity contribution >= 4 is 19.8 Å². The van der Waals surface area contributed by atoms with Crippen LogP contribution in [0.2, 0.25) is 0 Å². The predicted molar refractivity (Wildman–Crippen MR) is 45.5 cm³/mol. The number of hydrogen-bond acceptors (Lipinski definition) is 2. The SMILES string of the molecule is O=I(=O)c1cccc(C(F)(F)F)c1. The molecule has 13 heavy (non-hydrogen) atoms. The van der Waals surface area contributed by atoms with Crippen molar-refractivity contribution in [3.05, 3.63) is 33.4 Å². The molecule has 0 spiro atoms. The Morgan fingerprint density at radius 1 is 1.15 bits per heavy atom. The molecule has 0 aliphatic heterocycles. The molecule has 0 fully saturated rings. The van der Waals surface area contributed by atoms with Gasteiger partial charge in [-0.15, -0.1) is 0 Å². The first kappa shape index (κ1) is 10.4. The summed E-state index contributed by atoms with van der Waals surface area (Å²) in [7, 11) is 0. The van der Waals surface area contributed by atoms with E-state index in [1.54, 1.807) is 0 Å². The zero-order valence-electron chi connectivity index (χ0n) is 6.14. The summed E-state index contributed by atoms with van der Waals surface area (Å²) in [5.74, 6) is 0. The summed E-state index contributed by atoms with van der Waals surface area (Å²) in [6, 6.07) is 3.71. The molecule has 72 valence electrons. The normalized spacial score (nSPS) is 12.0. The van der Waals surface area contributed by atoms with E-state index in [-0.39, 0.29) is 3.57 Å². The molecule has 0 amide bonds. The first-order valence-electron chi connectivity index (χ1n) is 3.14. The zero-order chi connectivity index (χ0) is 10.1. The van der Waals surface area contributed by atoms with Crippen molar-refractivity contribution < 1.29 is 19.3 Å². The van der Waals surface area contributed by atoms with Crippen LogP contribution in [0, 0.1) is 3.57 Å². The van der Waals surface area contributed by atoms with Crippen LogP contribution in [0.5, 0.6) is 0 Å². The van der Waals surface area contributed by atoms with Crippen LogP contribution in [0.15, 0.2) is 24.3 Å². The summed E-state index contributed by atoms with van der Waals surface area (Å²) in [6.07, 6.45) is -4.48. The van der Waals surface area contributed by atoms with Gasteiger partial charge in [-0.1, -0.05) is 6.07 Å². The Hall–Kier alpha value is -0.660. The highest BCUT2D eigenvalue weighted by atomic mass is 127. The number of rotatable bonds is 1. The van der Waals surface area contributed by atoms with Crippen molar-refractivity contribution in [1.82, 2.24) is 0 Å². The molecule has 0 aliphatic carbocycles. The minimum Gasteiger partial charge on any atom is -0.230 e. The number of alkyl halides is 3. The minimum absolute atomic E-state index is 0.237. The molecule has 6 heteroatoms. The van der Waals surface area contributed by atoms with Crippen LogP contribution in [-0.2, 0) is 12.3 Å². The molecule has 0 saturated heterocycles. The van der Waals surface area contributed by atoms with Crippen LogP contribution in [0.3, 0.4) is 0 Å². The topological polar surface area (TPSA) is 34.1 Å². The molecule has 0 unspecified atom stereocenters. The van der Waals surface area contributed by atoms with Crippen LogP contribution in [-0.4, -0.2) is 0 Å². The Bertz CT molecular complexity index is 374. The maximum atomic E-state index is 12.0. The first-order valence-corrected chi connectivity index (χ1v) is 5.98. The van der Waals surface area contributed by atoms with Gasteiger partial charge in [0.05, 0.1) is 9.13 Å². The molecule has 0 aromatic heterocycles. The van der Waals surface area contributed by atoms with Crippen molar-refractivity contribution in [3.8, 4) is 0 Å². The monoisotopic (exact) mass is 304 g/mol. The van der Waals surface area contributed by atoms with E-state index in [4.69, 9.17) is 0 Å². The lowest BCUT2D eigenvalue weighted by Crippen LogP contribution is -2.04. The average molecular weight is 304 g/mol. The summed E-state index contributed by atoms with van der Waals surface area (Å²) in [6.45, 7) is 0. The Morgan fingerprint density at radius 2 is 1.77 bits per heavy atom. The summed E-state index contributed by atoms with van der Waals surface area (Å²) >= 11 is -3.79. The van der Waals surface area contributed by atoms with Crippen molar-refractivity contribution in [2.24, 2.45) is 0 Å². The molecule has 0 radical (unpaired) electrons. The maximum absolute atomic E-state index is 12.0. The van der Waals surface area contributed by atoms with Crippen LogP contribution in [0.4, 0.5) is 13.2 Å². The van der Waals surface area contributed by atoms with E-state index in [2.05, 4.69) is 0 Å². The number of halogens is 4. The third-order valence-electron chi connectivity index (χ3n) is 1.33. The Labute approximate surface area is 78.9 Å². The van der Waals surface area contributed by atoms with Gasteiger partial charge in [0.2, 0.25) is 0 Å². The zero-order valence-corrected chi connectivity index (χ0v) is 8.30. The number of hydrogen-bond donors (Lipinski definition) is 0. The van der Waals surface area contributed by atoms with Crippen LogP contribution in [0.25, 0.3) is 0 Å². The lowest BCUT2D eigenvalue weighted by Gasteiger charge is -2.05. The second kappa shape index (κ2) is 3.60. The summed E-state index contributed by atoms with van der Waals surface area (Å²) < 4.78 is 56.8. The summed E-state index contributed by atoms with van der Waals surface area (Å²) in [5, 5.41) is 0. The Kier molecular flexibility index (Phi) is 2.89. The molecule has 2 nitrogen and oxygen atoms in total. The van der Waals surface area contributed by atoms with Gasteiger partial charge in [-0.05, 0) is 18.2 Å². The average Bonchev–Trinajstić information content (AvgIpc) is 2.03. The fourth-order valence-electron chi connectivity index (χ4n) is 0.761. The molecule has 1 aromatic rings. The van der Waals surface area contributed by atoms with Gasteiger partial charge in [0, 0.05) is 0 Å². The molecular weight excluding hydrogens is 300 g/mol. The van der Waals surface area contributed by atoms with Crippen molar-refractivity contribution in [2.75, 3.05) is 0 Å². The van der Waals surface area contributed by atoms with Crippen molar-refractivity contribution in [2.45, 2.75) is 6.18 Å². The second-order valence-electron chi connectivity index (χ2n) is 2.23. The van der Waals surface area contributed by atoms with E-state index in [1.165, 1.54) is 0 Å². The fraction of sp³-hybridized carbons (Fsp3) is 0.143. The molecule has 0 N–H and O–H groups in total. The van der Waals surface area contributed by atoms with E-state index in [0.717, 1.165) is 18.2 Å². The lowest BCUT2D eigenvalue weighted by atomic mass is 10.2. The van der Waals surface area contributed by atoms with E-state index in [9.17, 15) is 19.3 Å². The van der Waals surface area contributed by atoms with Gasteiger partial charge in [0.25, 0.3) is 0 Å². The molecular formula is C7H4F3IO2. The van der Waals surface area contributed by atoms with E-state index >= 15 is 0 Å². The first-order chi connectivity index (χ1) is 5.91. The van der Waals surface area contributed by atoms with Crippen LogP contribution < -0.4 is 0 Å². The molecule has 1 rings (SSSR count). The quantitative estimate of drug-likeness (QED) is 0.747. The third-order valence-corrected chi connectivity index (χ3v) is 3.02. The van der Waals surface area contributed by atoms with Gasteiger partial charge in [-0.25, -0.2) is 6.14 Å². The molecule has 1 aromatic carbocycles. The van der Waals surface area contributed by atoms with E-state index in [1.807, 2.05) is 0 Å². The fourth-order valence-corrected chi connectivity index (χ4v) is 1.85. The summed E-state index contributed by atoms with van der Waals surface area (Å²) in [5.41, 5.74) is -0.931. The molecule has 0 atom stereocenters. The van der Waals surface area contributed by atoms with Gasteiger partial charge in [0.15, 0.2) is 0 Å². The molecule has 0 aliphatic rings. The van der Waals surface area contributed by atoms with Crippen molar-refractivity contribution in [3.63, 3.8) is 0 Å². The Morgan fingerprint density at radius 3 is 2.23 bits per heavy atom. The standard InChI is InChI=1S/C7H4F3IO2/c8-7(9,10)5-2-1-3-6(4-5)11(12)13/h1-4H. The van der Waals surface area contributed by atoms with Crippen molar-refractivity contribution in [1.29, 1.82) is 0 Å². The van der Waals surface area contributed by atoms with Crippen LogP contribution in [0.1, 0.15) is 5.56 Å². The molecule has 0 saturated carbocycles. The van der Waals surface area contributed by atoms with Gasteiger partial charge in [-0.3, -0.25) is 0 Å². The van der Waals surface area contributed by atoms with E-state index < -0.39 is 31.5 Å². The van der Waals surface area contributed by atoms with Gasteiger partial charge >= 0.3 is 26.0 Å². The van der Waals surface area contributed by atoms with Gasteiger partial charge < -0.3 is 0 Å². The highest BCUT2D eigenvalue weighted by Gasteiger charge is 2.30. The highest BCUT2D eigenvalue weighted by molar-refractivity contribution is 14.2. The van der Waals surface area contributed by atoms with Gasteiger partial charge in [0.1, 0.15) is 0 Å². The van der Waals surface area contributed by atoms with Crippen LogP contribution >= 0.6 is 19.8 Å². The molecule has 0 heterocycles. The predicted octanol–water partition coefficient (Wildman–Crippen LogP) is 3.07. The number of benzene rings is 1. The molecule has 0 bridgehead atoms. The second-order valence-corrected chi connectivity index (χ2v) is 4.71. The highest BCUT2D eigenvalue weighted by Crippen LogP contribution is 2.31. The smallest absolute Gasteiger partial charge is 0.230 e. The third kappa shape index (κ3) is 2.64. The maximum Gasteiger partial charge on any atom is 0.416 e. The lowest BCUT2D eigenvalue weighted by molar-refractivity contribution is -0.137.